The summed E-state index contributed by atoms with van der Waals surface area (Å²) in [5.41, 5.74) is 0. The average Bonchev–Trinajstić information content (AvgIpc) is 3.02. The van der Waals surface area contributed by atoms with Crippen molar-refractivity contribution in [2.24, 2.45) is 18.9 Å². The Morgan fingerprint density at radius 3 is 2.88 bits per heavy atom. The summed E-state index contributed by atoms with van der Waals surface area (Å²) >= 11 is 0. The van der Waals surface area contributed by atoms with Crippen molar-refractivity contribution in [3.63, 3.8) is 0 Å². The van der Waals surface area contributed by atoms with Gasteiger partial charge in [-0.3, -0.25) is 4.90 Å². The highest BCUT2D eigenvalue weighted by molar-refractivity contribution is 5.01. The van der Waals surface area contributed by atoms with Gasteiger partial charge in [-0.05, 0) is 44.1 Å². The molecule has 1 aromatic rings. The van der Waals surface area contributed by atoms with E-state index >= 15 is 0 Å². The second-order valence-corrected chi connectivity index (χ2v) is 8.38. The van der Waals surface area contributed by atoms with Crippen LogP contribution in [0.2, 0.25) is 0 Å². The van der Waals surface area contributed by atoms with Crippen LogP contribution in [0.4, 0.5) is 0 Å². The highest BCUT2D eigenvalue weighted by Crippen LogP contribution is 2.42. The van der Waals surface area contributed by atoms with Crippen molar-refractivity contribution < 1.29 is 0 Å². The van der Waals surface area contributed by atoms with Crippen LogP contribution in [0.15, 0.2) is 12.4 Å². The fourth-order valence-electron chi connectivity index (χ4n) is 5.78. The second kappa shape index (κ2) is 7.17. The normalized spacial score (nSPS) is 34.2. The Bertz CT molecular complexity index is 539. The Morgan fingerprint density at radius 1 is 1.21 bits per heavy atom. The number of imidazole rings is 1. The van der Waals surface area contributed by atoms with Crippen LogP contribution in [0.3, 0.4) is 0 Å². The first-order valence-electron chi connectivity index (χ1n) is 10.2. The maximum atomic E-state index is 4.51. The molecule has 4 heterocycles. The second-order valence-electron chi connectivity index (χ2n) is 8.38. The topological polar surface area (TPSA) is 24.3 Å². The number of nitrogens with zero attached hydrogens (tertiary/aromatic N) is 4. The molecule has 4 atom stereocenters. The third kappa shape index (κ3) is 3.15. The molecule has 3 saturated heterocycles. The van der Waals surface area contributed by atoms with E-state index < -0.39 is 0 Å². The van der Waals surface area contributed by atoms with Gasteiger partial charge in [-0.25, -0.2) is 4.98 Å². The van der Waals surface area contributed by atoms with Crippen LogP contribution in [-0.4, -0.2) is 57.6 Å². The summed E-state index contributed by atoms with van der Waals surface area (Å²) in [7, 11) is 2.12. The van der Waals surface area contributed by atoms with E-state index in [1.807, 2.05) is 6.20 Å². The number of piperidine rings is 3. The third-order valence-electron chi connectivity index (χ3n) is 6.85. The average molecular weight is 331 g/mol. The summed E-state index contributed by atoms with van der Waals surface area (Å²) in [6.45, 7) is 7.56. The van der Waals surface area contributed by atoms with Crippen molar-refractivity contribution >= 4 is 0 Å². The van der Waals surface area contributed by atoms with Gasteiger partial charge in [0.1, 0.15) is 5.82 Å². The molecule has 0 unspecified atom stereocenters. The zero-order chi connectivity index (χ0) is 16.5. The third-order valence-corrected chi connectivity index (χ3v) is 6.85. The summed E-state index contributed by atoms with van der Waals surface area (Å²) in [6, 6.07) is 1.73. The quantitative estimate of drug-likeness (QED) is 0.830. The van der Waals surface area contributed by atoms with Crippen molar-refractivity contribution in [3.05, 3.63) is 18.2 Å². The highest BCUT2D eigenvalue weighted by atomic mass is 15.3. The molecule has 24 heavy (non-hydrogen) atoms. The highest BCUT2D eigenvalue weighted by Gasteiger charge is 2.46. The summed E-state index contributed by atoms with van der Waals surface area (Å²) in [5.74, 6) is 3.05. The molecule has 3 aliphatic heterocycles. The van der Waals surface area contributed by atoms with Crippen molar-refractivity contribution in [1.82, 2.24) is 19.4 Å². The van der Waals surface area contributed by atoms with Gasteiger partial charge in [0.2, 0.25) is 0 Å². The van der Waals surface area contributed by atoms with E-state index in [9.17, 15) is 0 Å². The molecule has 0 N–H and O–H groups in total. The molecule has 0 saturated carbocycles. The lowest BCUT2D eigenvalue weighted by atomic mass is 9.71. The number of hydrogen-bond acceptors (Lipinski definition) is 3. The van der Waals surface area contributed by atoms with Gasteiger partial charge in [0.25, 0.3) is 0 Å². The lowest BCUT2D eigenvalue weighted by Gasteiger charge is -2.57. The van der Waals surface area contributed by atoms with E-state index in [4.69, 9.17) is 0 Å². The Hall–Kier alpha value is -0.870. The molecule has 0 aromatic carbocycles. The number of fused-ring (bicyclic) bond motifs is 4. The summed E-state index contributed by atoms with van der Waals surface area (Å²) in [6.07, 6.45) is 13.6. The van der Waals surface area contributed by atoms with Gasteiger partial charge in [-0.2, -0.15) is 0 Å². The van der Waals surface area contributed by atoms with E-state index in [1.54, 1.807) is 0 Å². The van der Waals surface area contributed by atoms with Gasteiger partial charge >= 0.3 is 0 Å². The van der Waals surface area contributed by atoms with E-state index in [-0.39, 0.29) is 0 Å². The maximum absolute atomic E-state index is 4.51. The molecule has 0 amide bonds. The van der Waals surface area contributed by atoms with Crippen LogP contribution in [0.5, 0.6) is 0 Å². The van der Waals surface area contributed by atoms with Crippen LogP contribution in [0.25, 0.3) is 0 Å². The summed E-state index contributed by atoms with van der Waals surface area (Å²) < 4.78 is 2.17. The van der Waals surface area contributed by atoms with Crippen LogP contribution < -0.4 is 0 Å². The number of aromatic nitrogens is 2. The number of hydrogen-bond donors (Lipinski definition) is 0. The lowest BCUT2D eigenvalue weighted by Crippen LogP contribution is -2.63. The molecule has 0 aliphatic carbocycles. The zero-order valence-corrected chi connectivity index (χ0v) is 15.5. The van der Waals surface area contributed by atoms with E-state index in [0.29, 0.717) is 0 Å². The molecular weight excluding hydrogens is 296 g/mol. The largest absolute Gasteiger partial charge is 0.338 e. The van der Waals surface area contributed by atoms with Crippen LogP contribution in [0.1, 0.15) is 51.3 Å². The first-order valence-corrected chi connectivity index (χ1v) is 10.2. The van der Waals surface area contributed by atoms with Crippen molar-refractivity contribution in [2.75, 3.05) is 26.2 Å². The molecule has 3 fully saturated rings. The van der Waals surface area contributed by atoms with Crippen LogP contribution >= 0.6 is 0 Å². The lowest BCUT2D eigenvalue weighted by molar-refractivity contribution is -0.0737. The molecule has 4 nitrogen and oxygen atoms in total. The molecular formula is C20H34N4. The van der Waals surface area contributed by atoms with Gasteiger partial charge in [0.05, 0.1) is 0 Å². The fourth-order valence-corrected chi connectivity index (χ4v) is 5.78. The minimum absolute atomic E-state index is 0.854. The van der Waals surface area contributed by atoms with Gasteiger partial charge in [0.15, 0.2) is 0 Å². The Balaban J connectivity index is 1.44. The molecule has 0 radical (unpaired) electrons. The minimum atomic E-state index is 0.854. The van der Waals surface area contributed by atoms with E-state index in [2.05, 4.69) is 39.5 Å². The minimum Gasteiger partial charge on any atom is -0.338 e. The first kappa shape index (κ1) is 16.6. The smallest absolute Gasteiger partial charge is 0.109 e. The van der Waals surface area contributed by atoms with E-state index in [1.165, 1.54) is 70.5 Å². The Kier molecular flexibility index (Phi) is 4.95. The van der Waals surface area contributed by atoms with Gasteiger partial charge in [0, 0.05) is 57.6 Å². The Labute approximate surface area is 147 Å². The monoisotopic (exact) mass is 330 g/mol. The van der Waals surface area contributed by atoms with Gasteiger partial charge < -0.3 is 9.47 Å². The molecule has 4 rings (SSSR count). The van der Waals surface area contributed by atoms with Crippen LogP contribution in [0, 0.1) is 11.8 Å². The number of likely N-dealkylation sites (tertiary alicyclic amines) is 1. The number of aryl methyl sites for hydroxylation is 1. The molecule has 4 heteroatoms. The van der Waals surface area contributed by atoms with Crippen molar-refractivity contribution in [1.29, 1.82) is 0 Å². The maximum Gasteiger partial charge on any atom is 0.109 e. The van der Waals surface area contributed by atoms with Crippen molar-refractivity contribution in [3.8, 4) is 0 Å². The Morgan fingerprint density at radius 2 is 2.08 bits per heavy atom. The molecule has 2 bridgehead atoms. The molecule has 1 aromatic heterocycles. The standard InChI is InChI=1S/C20H34N4/c1-3-6-18-16-13-17(19-7-4-5-10-24(18)19)15-23(14-16)11-8-20-21-9-12-22(20)2/h9,12,16-19H,3-8,10-11,13-15H2,1-2H3/t16-,17+,18-,19-/m0/s1. The van der Waals surface area contributed by atoms with E-state index in [0.717, 1.165) is 30.3 Å². The number of rotatable bonds is 5. The first-order chi connectivity index (χ1) is 11.8. The summed E-state index contributed by atoms with van der Waals surface area (Å²) in [5, 5.41) is 0. The molecule has 134 valence electrons. The predicted octanol–water partition coefficient (Wildman–Crippen LogP) is 2.94. The SMILES string of the molecule is CCC[C@H]1[C@H]2C[C@H](CN(CCc3nccn3C)C2)[C@@H]2CCCCN21. The van der Waals surface area contributed by atoms with Gasteiger partial charge in [-0.1, -0.05) is 19.8 Å². The predicted molar refractivity (Wildman–Crippen MR) is 98.0 cm³/mol. The van der Waals surface area contributed by atoms with Crippen LogP contribution in [-0.2, 0) is 13.5 Å². The molecule has 0 spiro atoms. The van der Waals surface area contributed by atoms with Crippen molar-refractivity contribution in [2.45, 2.75) is 64.0 Å². The summed E-state index contributed by atoms with van der Waals surface area (Å²) in [4.78, 5) is 10.2. The van der Waals surface area contributed by atoms with Gasteiger partial charge in [-0.15, -0.1) is 0 Å². The zero-order valence-electron chi connectivity index (χ0n) is 15.5. The molecule has 3 aliphatic rings. The fraction of sp³-hybridized carbons (Fsp3) is 0.850.